The summed E-state index contributed by atoms with van der Waals surface area (Å²) in [5, 5.41) is -0.142. The molecule has 1 aromatic heterocycles. The summed E-state index contributed by atoms with van der Waals surface area (Å²) in [4.78, 5) is 0. The summed E-state index contributed by atoms with van der Waals surface area (Å²) < 4.78 is 21.5. The summed E-state index contributed by atoms with van der Waals surface area (Å²) >= 11 is 0. The van der Waals surface area contributed by atoms with Crippen LogP contribution in [0.3, 0.4) is 0 Å². The van der Waals surface area contributed by atoms with Gasteiger partial charge in [0.25, 0.3) is 0 Å². The van der Waals surface area contributed by atoms with Crippen LogP contribution in [0, 0.1) is 0 Å². The molecule has 0 amide bonds. The minimum absolute atomic E-state index is 0.367. The van der Waals surface area contributed by atoms with Crippen LogP contribution in [0.5, 0.6) is 0 Å². The van der Waals surface area contributed by atoms with Crippen molar-refractivity contribution < 1.29 is 8.52 Å². The molecule has 0 bridgehead atoms. The first-order chi connectivity index (χ1) is 7.54. The van der Waals surface area contributed by atoms with Gasteiger partial charge in [-0.05, 0) is 22.2 Å². The van der Waals surface area contributed by atoms with Crippen LogP contribution in [0.2, 0.25) is 10.1 Å². The van der Waals surface area contributed by atoms with Gasteiger partial charge in [0.05, 0.1) is 0 Å². The highest BCUT2D eigenvalue weighted by Crippen LogP contribution is 2.51. The van der Waals surface area contributed by atoms with Gasteiger partial charge in [-0.15, -0.1) is 0 Å². The molecule has 1 rings (SSSR count). The Kier molecular flexibility index (Phi) is 3.64. The fourth-order valence-electron chi connectivity index (χ4n) is 2.62. The lowest BCUT2D eigenvalue weighted by molar-refractivity contribution is 0.484. The van der Waals surface area contributed by atoms with Gasteiger partial charge in [0.15, 0.2) is 0 Å². The molecule has 3 heteroatoms. The first-order valence-corrected chi connectivity index (χ1v) is 8.20. The van der Waals surface area contributed by atoms with Crippen LogP contribution in [0.4, 0.5) is 4.11 Å². The molecule has 0 aromatic carbocycles. The number of halogens is 1. The van der Waals surface area contributed by atoms with E-state index in [9.17, 15) is 0 Å². The second kappa shape index (κ2) is 4.27. The molecule has 0 atom stereocenters. The Balaban J connectivity index is 3.35. The van der Waals surface area contributed by atoms with E-state index in [1.165, 1.54) is 0 Å². The van der Waals surface area contributed by atoms with E-state index in [1.54, 1.807) is 0 Å². The third-order valence-electron chi connectivity index (χ3n) is 3.42. The van der Waals surface area contributed by atoms with Crippen molar-refractivity contribution in [2.24, 2.45) is 0 Å². The molecule has 0 N–H and O–H groups in total. The fourth-order valence-corrected chi connectivity index (χ4v) is 6.93. The highest BCUT2D eigenvalue weighted by atomic mass is 28.4. The second-order valence-corrected chi connectivity index (χ2v) is 11.6. The normalized spacial score (nSPS) is 14.1. The summed E-state index contributed by atoms with van der Waals surface area (Å²) in [6, 6.07) is 3.76. The van der Waals surface area contributed by atoms with Crippen molar-refractivity contribution in [1.82, 2.24) is 0 Å². The summed E-state index contributed by atoms with van der Waals surface area (Å²) in [5.74, 6) is 0.878. The Morgan fingerprint density at radius 3 is 1.82 bits per heavy atom. The highest BCUT2D eigenvalue weighted by molar-refractivity contribution is 6.89. The van der Waals surface area contributed by atoms with E-state index < -0.39 is 8.41 Å². The van der Waals surface area contributed by atoms with Crippen molar-refractivity contribution in [3.63, 3.8) is 0 Å². The number of rotatable bonds is 2. The predicted molar refractivity (Wildman–Crippen MR) is 74.0 cm³/mol. The Labute approximate surface area is 106 Å². The van der Waals surface area contributed by atoms with Gasteiger partial charge in [0.1, 0.15) is 11.1 Å². The Morgan fingerprint density at radius 1 is 1.06 bits per heavy atom. The predicted octanol–water partition coefficient (Wildman–Crippen LogP) is 4.56. The number of hydrogen-bond donors (Lipinski definition) is 0. The molecule has 0 spiro atoms. The van der Waals surface area contributed by atoms with Gasteiger partial charge >= 0.3 is 8.41 Å². The SMILES string of the molecule is CCc1ccc([Si](F)(C(C)(C)C)C(C)(C)C)o1. The third kappa shape index (κ3) is 2.35. The Morgan fingerprint density at radius 2 is 1.53 bits per heavy atom. The second-order valence-electron chi connectivity index (χ2n) is 6.78. The van der Waals surface area contributed by atoms with E-state index in [4.69, 9.17) is 4.42 Å². The molecule has 0 aliphatic rings. The lowest BCUT2D eigenvalue weighted by Crippen LogP contribution is -2.57. The van der Waals surface area contributed by atoms with Crippen molar-refractivity contribution in [1.29, 1.82) is 0 Å². The average molecular weight is 256 g/mol. The largest absolute Gasteiger partial charge is 0.468 e. The van der Waals surface area contributed by atoms with E-state index in [1.807, 2.05) is 60.6 Å². The molecule has 1 heterocycles. The van der Waals surface area contributed by atoms with Crippen molar-refractivity contribution in [3.8, 4) is 0 Å². The van der Waals surface area contributed by atoms with Crippen molar-refractivity contribution >= 4 is 13.8 Å². The molecule has 0 unspecified atom stereocenters. The molecule has 0 saturated heterocycles. The quantitative estimate of drug-likeness (QED) is 0.558. The van der Waals surface area contributed by atoms with Gasteiger partial charge in [-0.1, -0.05) is 48.5 Å². The summed E-state index contributed by atoms with van der Waals surface area (Å²) in [7, 11) is -3.19. The molecule has 1 nitrogen and oxygen atoms in total. The summed E-state index contributed by atoms with van der Waals surface area (Å²) in [6.45, 7) is 13.9. The molecule has 0 aliphatic carbocycles. The molecule has 0 fully saturated rings. The third-order valence-corrected chi connectivity index (χ3v) is 8.50. The van der Waals surface area contributed by atoms with Gasteiger partial charge in [-0.3, -0.25) is 0 Å². The fraction of sp³-hybridized carbons (Fsp3) is 0.714. The van der Waals surface area contributed by atoms with Gasteiger partial charge in [-0.25, -0.2) is 0 Å². The maximum Gasteiger partial charge on any atom is 0.326 e. The summed E-state index contributed by atoms with van der Waals surface area (Å²) in [5.41, 5.74) is 0. The maximum atomic E-state index is 15.7. The van der Waals surface area contributed by atoms with Gasteiger partial charge < -0.3 is 8.52 Å². The highest BCUT2D eigenvalue weighted by Gasteiger charge is 2.59. The van der Waals surface area contributed by atoms with Crippen molar-refractivity contribution in [2.45, 2.75) is 65.0 Å². The maximum absolute atomic E-state index is 15.7. The lowest BCUT2D eigenvalue weighted by atomic mass is 10.2. The lowest BCUT2D eigenvalue weighted by Gasteiger charge is -2.42. The molecule has 0 radical (unpaired) electrons. The van der Waals surface area contributed by atoms with E-state index in [2.05, 4.69) is 0 Å². The molecule has 0 aliphatic heterocycles. The molecular weight excluding hydrogens is 231 g/mol. The van der Waals surface area contributed by atoms with Crippen molar-refractivity contribution in [2.75, 3.05) is 0 Å². The van der Waals surface area contributed by atoms with Gasteiger partial charge in [-0.2, -0.15) is 0 Å². The molecule has 17 heavy (non-hydrogen) atoms. The van der Waals surface area contributed by atoms with Gasteiger partial charge in [0.2, 0.25) is 0 Å². The Hall–Kier alpha value is -0.573. The number of aryl methyl sites for hydroxylation is 1. The first-order valence-electron chi connectivity index (χ1n) is 6.32. The van der Waals surface area contributed by atoms with E-state index in [-0.39, 0.29) is 10.1 Å². The first kappa shape index (κ1) is 14.5. The van der Waals surface area contributed by atoms with Crippen LogP contribution in [0.25, 0.3) is 0 Å². The van der Waals surface area contributed by atoms with Crippen LogP contribution in [0.1, 0.15) is 54.2 Å². The van der Waals surface area contributed by atoms with Crippen LogP contribution >= 0.6 is 0 Å². The minimum Gasteiger partial charge on any atom is -0.468 e. The van der Waals surface area contributed by atoms with E-state index in [0.717, 1.165) is 12.2 Å². The zero-order valence-electron chi connectivity index (χ0n) is 12.1. The van der Waals surface area contributed by atoms with Crippen LogP contribution in [-0.4, -0.2) is 8.41 Å². The van der Waals surface area contributed by atoms with Crippen LogP contribution < -0.4 is 5.38 Å². The monoisotopic (exact) mass is 256 g/mol. The number of furan rings is 1. The van der Waals surface area contributed by atoms with Crippen LogP contribution in [-0.2, 0) is 6.42 Å². The van der Waals surface area contributed by atoms with E-state index in [0.29, 0.717) is 5.38 Å². The molecular formula is C14H25FOSi. The zero-order chi connectivity index (χ0) is 13.5. The average Bonchev–Trinajstić information content (AvgIpc) is 2.61. The molecule has 1 aromatic rings. The molecule has 0 saturated carbocycles. The standard InChI is InChI=1S/C14H25FOSi/c1-8-11-9-10-12(16-11)17(15,13(2,3)4)14(5,6)7/h9-10H,8H2,1-7H3. The smallest absolute Gasteiger partial charge is 0.326 e. The Bertz CT molecular complexity index is 368. The number of hydrogen-bond acceptors (Lipinski definition) is 1. The van der Waals surface area contributed by atoms with E-state index >= 15 is 4.11 Å². The summed E-state index contributed by atoms with van der Waals surface area (Å²) in [6.07, 6.45) is 0.818. The topological polar surface area (TPSA) is 13.1 Å². The molecule has 98 valence electrons. The zero-order valence-corrected chi connectivity index (χ0v) is 13.1. The van der Waals surface area contributed by atoms with Crippen molar-refractivity contribution in [3.05, 3.63) is 17.9 Å². The minimum atomic E-state index is -3.19. The van der Waals surface area contributed by atoms with Gasteiger partial charge in [0, 0.05) is 6.42 Å². The van der Waals surface area contributed by atoms with Crippen LogP contribution in [0.15, 0.2) is 16.5 Å².